The quantitative estimate of drug-likeness (QED) is 0.699. The third kappa shape index (κ3) is 2.72. The SMILES string of the molecule is CCC(C(N)=O)N1CC(C(N)=O)CCC1C. The fourth-order valence-electron chi connectivity index (χ4n) is 2.40. The Labute approximate surface area is 96.1 Å². The molecule has 0 radical (unpaired) electrons. The number of rotatable bonds is 4. The van der Waals surface area contributed by atoms with Crippen LogP contribution in [0.4, 0.5) is 0 Å². The van der Waals surface area contributed by atoms with Gasteiger partial charge in [-0.3, -0.25) is 14.5 Å². The highest BCUT2D eigenvalue weighted by Gasteiger charge is 2.34. The van der Waals surface area contributed by atoms with Gasteiger partial charge in [0.15, 0.2) is 0 Å². The van der Waals surface area contributed by atoms with Gasteiger partial charge in [0.05, 0.1) is 12.0 Å². The third-order valence-corrected chi connectivity index (χ3v) is 3.45. The molecule has 1 rings (SSSR count). The fraction of sp³-hybridized carbons (Fsp3) is 0.818. The summed E-state index contributed by atoms with van der Waals surface area (Å²) >= 11 is 0. The molecule has 2 amide bonds. The first-order chi connectivity index (χ1) is 7.47. The van der Waals surface area contributed by atoms with Crippen LogP contribution in [0.2, 0.25) is 0 Å². The Morgan fingerprint density at radius 1 is 1.38 bits per heavy atom. The van der Waals surface area contributed by atoms with Crippen LogP contribution < -0.4 is 11.5 Å². The predicted molar refractivity (Wildman–Crippen MR) is 61.4 cm³/mol. The van der Waals surface area contributed by atoms with Crippen molar-refractivity contribution < 1.29 is 9.59 Å². The standard InChI is InChI=1S/C11H21N3O2/c1-3-9(11(13)16)14-6-8(10(12)15)5-4-7(14)2/h7-9H,3-6H2,1-2H3,(H2,12,15)(H2,13,16). The Morgan fingerprint density at radius 3 is 2.44 bits per heavy atom. The first-order valence-electron chi connectivity index (χ1n) is 5.81. The van der Waals surface area contributed by atoms with Crippen molar-refractivity contribution in [2.45, 2.75) is 45.2 Å². The number of primary amides is 2. The molecule has 1 aliphatic heterocycles. The van der Waals surface area contributed by atoms with Gasteiger partial charge in [0.25, 0.3) is 0 Å². The van der Waals surface area contributed by atoms with Crippen LogP contribution in [0.5, 0.6) is 0 Å². The van der Waals surface area contributed by atoms with E-state index in [4.69, 9.17) is 11.5 Å². The van der Waals surface area contributed by atoms with Gasteiger partial charge in [-0.1, -0.05) is 6.92 Å². The summed E-state index contributed by atoms with van der Waals surface area (Å²) in [5.74, 6) is -0.750. The van der Waals surface area contributed by atoms with Gasteiger partial charge in [-0.05, 0) is 26.2 Å². The number of likely N-dealkylation sites (tertiary alicyclic amines) is 1. The van der Waals surface area contributed by atoms with Gasteiger partial charge in [0.2, 0.25) is 11.8 Å². The van der Waals surface area contributed by atoms with Crippen molar-refractivity contribution in [3.63, 3.8) is 0 Å². The largest absolute Gasteiger partial charge is 0.369 e. The summed E-state index contributed by atoms with van der Waals surface area (Å²) in [6, 6.07) is 0.00481. The van der Waals surface area contributed by atoms with E-state index in [1.165, 1.54) is 0 Å². The summed E-state index contributed by atoms with van der Waals surface area (Å²) in [6.45, 7) is 4.54. The van der Waals surface area contributed by atoms with E-state index in [-0.39, 0.29) is 29.8 Å². The van der Waals surface area contributed by atoms with Crippen molar-refractivity contribution >= 4 is 11.8 Å². The molecule has 0 spiro atoms. The van der Waals surface area contributed by atoms with Crippen molar-refractivity contribution in [1.29, 1.82) is 0 Å². The summed E-state index contributed by atoms with van der Waals surface area (Å²) in [4.78, 5) is 24.5. The minimum Gasteiger partial charge on any atom is -0.369 e. The summed E-state index contributed by atoms with van der Waals surface area (Å²) in [5.41, 5.74) is 10.7. The monoisotopic (exact) mass is 227 g/mol. The van der Waals surface area contributed by atoms with Gasteiger partial charge < -0.3 is 11.5 Å². The van der Waals surface area contributed by atoms with E-state index in [1.54, 1.807) is 0 Å². The van der Waals surface area contributed by atoms with Crippen molar-refractivity contribution in [1.82, 2.24) is 4.90 Å². The Bertz CT molecular complexity index is 280. The molecule has 16 heavy (non-hydrogen) atoms. The zero-order valence-corrected chi connectivity index (χ0v) is 9.98. The highest BCUT2D eigenvalue weighted by Crippen LogP contribution is 2.24. The van der Waals surface area contributed by atoms with Crippen LogP contribution in [0.15, 0.2) is 0 Å². The van der Waals surface area contributed by atoms with E-state index in [2.05, 4.69) is 6.92 Å². The van der Waals surface area contributed by atoms with Crippen LogP contribution in [0.1, 0.15) is 33.1 Å². The molecule has 3 unspecified atom stereocenters. The Balaban J connectivity index is 2.75. The van der Waals surface area contributed by atoms with E-state index < -0.39 is 0 Å². The van der Waals surface area contributed by atoms with E-state index in [1.807, 2.05) is 11.8 Å². The molecule has 5 heteroatoms. The number of amides is 2. The van der Waals surface area contributed by atoms with E-state index in [0.717, 1.165) is 12.8 Å². The number of carbonyl (C=O) groups is 2. The average Bonchev–Trinajstić information content (AvgIpc) is 2.20. The minimum atomic E-state index is -0.320. The van der Waals surface area contributed by atoms with Gasteiger partial charge >= 0.3 is 0 Å². The Hall–Kier alpha value is -1.10. The lowest BCUT2D eigenvalue weighted by Crippen LogP contribution is -2.54. The summed E-state index contributed by atoms with van der Waals surface area (Å²) in [7, 11) is 0. The highest BCUT2D eigenvalue weighted by molar-refractivity contribution is 5.80. The van der Waals surface area contributed by atoms with Crippen LogP contribution in [0.3, 0.4) is 0 Å². The molecule has 0 aromatic carbocycles. The molecule has 0 aromatic heterocycles. The second kappa shape index (κ2) is 5.30. The molecule has 4 N–H and O–H groups in total. The molecule has 1 heterocycles. The fourth-order valence-corrected chi connectivity index (χ4v) is 2.40. The average molecular weight is 227 g/mol. The zero-order chi connectivity index (χ0) is 12.3. The molecule has 0 saturated carbocycles. The molecular weight excluding hydrogens is 206 g/mol. The molecule has 1 aliphatic rings. The molecule has 0 bridgehead atoms. The van der Waals surface area contributed by atoms with Crippen molar-refractivity contribution in [2.75, 3.05) is 6.54 Å². The highest BCUT2D eigenvalue weighted by atomic mass is 16.2. The van der Waals surface area contributed by atoms with Gasteiger partial charge in [-0.2, -0.15) is 0 Å². The van der Waals surface area contributed by atoms with Crippen LogP contribution in [0, 0.1) is 5.92 Å². The van der Waals surface area contributed by atoms with Crippen LogP contribution in [-0.2, 0) is 9.59 Å². The lowest BCUT2D eigenvalue weighted by Gasteiger charge is -2.40. The number of hydrogen-bond donors (Lipinski definition) is 2. The Morgan fingerprint density at radius 2 is 2.00 bits per heavy atom. The lowest BCUT2D eigenvalue weighted by atomic mass is 9.91. The predicted octanol–water partition coefficient (Wildman–Crippen LogP) is -0.164. The zero-order valence-electron chi connectivity index (χ0n) is 9.98. The number of carbonyl (C=O) groups excluding carboxylic acids is 2. The smallest absolute Gasteiger partial charge is 0.234 e. The maximum absolute atomic E-state index is 11.3. The van der Waals surface area contributed by atoms with Crippen molar-refractivity contribution in [3.8, 4) is 0 Å². The molecule has 92 valence electrons. The van der Waals surface area contributed by atoms with Crippen LogP contribution in [0.25, 0.3) is 0 Å². The number of nitrogens with zero attached hydrogens (tertiary/aromatic N) is 1. The summed E-state index contributed by atoms with van der Waals surface area (Å²) in [5, 5.41) is 0. The number of nitrogens with two attached hydrogens (primary N) is 2. The first kappa shape index (κ1) is 13.0. The maximum Gasteiger partial charge on any atom is 0.234 e. The second-order valence-electron chi connectivity index (χ2n) is 4.55. The number of piperidine rings is 1. The topological polar surface area (TPSA) is 89.4 Å². The summed E-state index contributed by atoms with van der Waals surface area (Å²) < 4.78 is 0. The van der Waals surface area contributed by atoms with Gasteiger partial charge in [-0.15, -0.1) is 0 Å². The van der Waals surface area contributed by atoms with Crippen LogP contribution >= 0.6 is 0 Å². The Kier molecular flexibility index (Phi) is 4.29. The molecular formula is C11H21N3O2. The normalized spacial score (nSPS) is 28.6. The molecule has 5 nitrogen and oxygen atoms in total. The van der Waals surface area contributed by atoms with E-state index in [0.29, 0.717) is 13.0 Å². The van der Waals surface area contributed by atoms with Gasteiger partial charge in [0, 0.05) is 12.6 Å². The van der Waals surface area contributed by atoms with Crippen molar-refractivity contribution in [2.24, 2.45) is 17.4 Å². The molecule has 1 saturated heterocycles. The maximum atomic E-state index is 11.3. The van der Waals surface area contributed by atoms with Crippen LogP contribution in [-0.4, -0.2) is 35.3 Å². The van der Waals surface area contributed by atoms with E-state index >= 15 is 0 Å². The van der Waals surface area contributed by atoms with E-state index in [9.17, 15) is 9.59 Å². The number of hydrogen-bond acceptors (Lipinski definition) is 3. The molecule has 0 aliphatic carbocycles. The molecule has 1 fully saturated rings. The third-order valence-electron chi connectivity index (χ3n) is 3.45. The minimum absolute atomic E-state index is 0.149. The molecule has 3 atom stereocenters. The lowest BCUT2D eigenvalue weighted by molar-refractivity contribution is -0.130. The second-order valence-corrected chi connectivity index (χ2v) is 4.55. The first-order valence-corrected chi connectivity index (χ1v) is 5.81. The van der Waals surface area contributed by atoms with Gasteiger partial charge in [0.1, 0.15) is 0 Å². The van der Waals surface area contributed by atoms with Crippen molar-refractivity contribution in [3.05, 3.63) is 0 Å². The summed E-state index contributed by atoms with van der Waals surface area (Å²) in [6.07, 6.45) is 2.37. The van der Waals surface area contributed by atoms with Gasteiger partial charge in [-0.25, -0.2) is 0 Å². The molecule has 0 aromatic rings.